The van der Waals surface area contributed by atoms with Crippen LogP contribution in [0.2, 0.25) is 0 Å². The monoisotopic (exact) mass is 416 g/mol. The number of hydrogen-bond donors (Lipinski definition) is 1. The predicted octanol–water partition coefficient (Wildman–Crippen LogP) is 4.33. The van der Waals surface area contributed by atoms with Crippen LogP contribution >= 0.6 is 0 Å². The lowest BCUT2D eigenvalue weighted by Gasteiger charge is -2.34. The van der Waals surface area contributed by atoms with Crippen molar-refractivity contribution >= 4 is 0 Å². The van der Waals surface area contributed by atoms with Crippen LogP contribution in [0, 0.1) is 11.8 Å². The fourth-order valence-electron chi connectivity index (χ4n) is 4.63. The van der Waals surface area contributed by atoms with E-state index in [2.05, 4.69) is 13.8 Å². The van der Waals surface area contributed by atoms with Gasteiger partial charge in [0.1, 0.15) is 0 Å². The molecule has 0 spiro atoms. The van der Waals surface area contributed by atoms with E-state index < -0.39 is 0 Å². The van der Waals surface area contributed by atoms with Gasteiger partial charge in [0, 0.05) is 18.2 Å². The first kappa shape index (κ1) is 20.5. The number of benzene rings is 2. The van der Waals surface area contributed by atoms with Crippen LogP contribution in [0.3, 0.4) is 0 Å². The number of fused-ring (bicyclic) bond motifs is 4. The summed E-state index contributed by atoms with van der Waals surface area (Å²) in [7, 11) is 6.35. The second-order valence-electron chi connectivity index (χ2n) is 7.80. The lowest BCUT2D eigenvalue weighted by Crippen LogP contribution is -2.24. The highest BCUT2D eigenvalue weighted by Gasteiger charge is 2.38. The largest absolute Gasteiger partial charge is 0.504 e. The minimum Gasteiger partial charge on any atom is -0.504 e. The van der Waals surface area contributed by atoms with Gasteiger partial charge in [-0.3, -0.25) is 0 Å². The minimum absolute atomic E-state index is 0.00173. The molecule has 162 valence electrons. The quantitative estimate of drug-likeness (QED) is 0.795. The van der Waals surface area contributed by atoms with Gasteiger partial charge in [0.05, 0.1) is 27.4 Å². The number of methoxy groups -OCH3 is 4. The zero-order chi connectivity index (χ0) is 21.6. The van der Waals surface area contributed by atoms with E-state index in [4.69, 9.17) is 28.4 Å². The summed E-state index contributed by atoms with van der Waals surface area (Å²) in [6, 6.07) is 3.86. The van der Waals surface area contributed by atoms with E-state index in [9.17, 15) is 5.11 Å². The smallest absolute Gasteiger partial charge is 0.231 e. The van der Waals surface area contributed by atoms with E-state index in [1.54, 1.807) is 21.3 Å². The molecule has 0 fully saturated rings. The molecular weight excluding hydrogens is 388 g/mol. The van der Waals surface area contributed by atoms with Crippen molar-refractivity contribution in [3.05, 3.63) is 23.3 Å². The second kappa shape index (κ2) is 7.80. The molecule has 7 nitrogen and oxygen atoms in total. The molecule has 1 aliphatic carbocycles. The Morgan fingerprint density at radius 3 is 2.30 bits per heavy atom. The molecule has 0 saturated heterocycles. The van der Waals surface area contributed by atoms with Gasteiger partial charge in [-0.25, -0.2) is 0 Å². The van der Waals surface area contributed by atoms with Gasteiger partial charge in [-0.2, -0.15) is 0 Å². The predicted molar refractivity (Wildman–Crippen MR) is 111 cm³/mol. The van der Waals surface area contributed by atoms with Crippen molar-refractivity contribution < 1.29 is 33.5 Å². The van der Waals surface area contributed by atoms with Gasteiger partial charge >= 0.3 is 0 Å². The van der Waals surface area contributed by atoms with E-state index in [0.29, 0.717) is 28.6 Å². The third kappa shape index (κ3) is 2.91. The Labute approximate surface area is 176 Å². The summed E-state index contributed by atoms with van der Waals surface area (Å²) < 4.78 is 34.1. The van der Waals surface area contributed by atoms with Gasteiger partial charge in [0.15, 0.2) is 23.0 Å². The number of rotatable bonds is 4. The number of phenolic OH excluding ortho intramolecular Hbond substituents is 1. The van der Waals surface area contributed by atoms with Crippen molar-refractivity contribution in [3.8, 4) is 45.6 Å². The van der Waals surface area contributed by atoms with Crippen LogP contribution in [0.25, 0.3) is 11.1 Å². The van der Waals surface area contributed by atoms with Gasteiger partial charge < -0.3 is 33.5 Å². The molecule has 1 aliphatic heterocycles. The number of hydrogen-bond acceptors (Lipinski definition) is 7. The third-order valence-corrected chi connectivity index (χ3v) is 6.31. The minimum atomic E-state index is -0.223. The molecular formula is C23H28O7. The highest BCUT2D eigenvalue weighted by molar-refractivity contribution is 5.88. The van der Waals surface area contributed by atoms with Crippen molar-refractivity contribution in [1.82, 2.24) is 0 Å². The SMILES string of the molecule is COc1cc2c(c(O)c1OC)-c1c(cc3c(c1OC)OCO3)C(OC)C(C)C(C)C2. The Kier molecular flexibility index (Phi) is 5.32. The maximum absolute atomic E-state index is 11.3. The number of aromatic hydroxyl groups is 1. The van der Waals surface area contributed by atoms with Gasteiger partial charge in [-0.1, -0.05) is 13.8 Å². The van der Waals surface area contributed by atoms with Crippen LogP contribution in [0.15, 0.2) is 12.1 Å². The van der Waals surface area contributed by atoms with Crippen LogP contribution < -0.4 is 23.7 Å². The van der Waals surface area contributed by atoms with Crippen molar-refractivity contribution in [2.24, 2.45) is 11.8 Å². The van der Waals surface area contributed by atoms with E-state index in [0.717, 1.165) is 23.1 Å². The average molecular weight is 416 g/mol. The molecule has 3 unspecified atom stereocenters. The van der Waals surface area contributed by atoms with E-state index in [1.165, 1.54) is 7.11 Å². The summed E-state index contributed by atoms with van der Waals surface area (Å²) in [5.74, 6) is 2.87. The summed E-state index contributed by atoms with van der Waals surface area (Å²) in [5, 5.41) is 11.3. The average Bonchev–Trinajstić information content (AvgIpc) is 3.21. The van der Waals surface area contributed by atoms with Crippen molar-refractivity contribution in [1.29, 1.82) is 0 Å². The molecule has 2 aromatic carbocycles. The molecule has 2 aliphatic rings. The van der Waals surface area contributed by atoms with Gasteiger partial charge in [-0.15, -0.1) is 0 Å². The summed E-state index contributed by atoms with van der Waals surface area (Å²) in [4.78, 5) is 0. The van der Waals surface area contributed by atoms with Crippen LogP contribution in [0.4, 0.5) is 0 Å². The third-order valence-electron chi connectivity index (χ3n) is 6.31. The number of ether oxygens (including phenoxy) is 6. The molecule has 2 aromatic rings. The van der Waals surface area contributed by atoms with Crippen molar-refractivity contribution in [2.75, 3.05) is 35.2 Å². The zero-order valence-electron chi connectivity index (χ0n) is 18.2. The highest BCUT2D eigenvalue weighted by atomic mass is 16.7. The van der Waals surface area contributed by atoms with Crippen LogP contribution in [-0.2, 0) is 11.2 Å². The number of phenols is 1. The molecule has 4 rings (SSSR count). The molecule has 0 aromatic heterocycles. The first-order valence-electron chi connectivity index (χ1n) is 9.97. The molecule has 1 N–H and O–H groups in total. The Balaban J connectivity index is 2.15. The second-order valence-corrected chi connectivity index (χ2v) is 7.80. The van der Waals surface area contributed by atoms with Crippen LogP contribution in [0.1, 0.15) is 31.1 Å². The molecule has 0 amide bonds. The van der Waals surface area contributed by atoms with Crippen molar-refractivity contribution in [3.63, 3.8) is 0 Å². The molecule has 0 bridgehead atoms. The summed E-state index contributed by atoms with van der Waals surface area (Å²) >= 11 is 0. The van der Waals surface area contributed by atoms with E-state index in [-0.39, 0.29) is 36.2 Å². The fourth-order valence-corrected chi connectivity index (χ4v) is 4.63. The summed E-state index contributed by atoms with van der Waals surface area (Å²) in [5.41, 5.74) is 3.18. The fraction of sp³-hybridized carbons (Fsp3) is 0.478. The first-order chi connectivity index (χ1) is 14.5. The lowest BCUT2D eigenvalue weighted by molar-refractivity contribution is 0.0362. The summed E-state index contributed by atoms with van der Waals surface area (Å²) in [6.07, 6.45) is 0.500. The molecule has 1 heterocycles. The standard InChI is InChI=1S/C23H28O7/c1-11-7-13-8-15(25-3)21(27-5)19(24)17(13)18-14(20(26-4)12(11)2)9-16-22(23(18)28-6)30-10-29-16/h8-9,11-12,20,24H,7,10H2,1-6H3. The lowest BCUT2D eigenvalue weighted by atomic mass is 9.76. The van der Waals surface area contributed by atoms with E-state index in [1.807, 2.05) is 12.1 Å². The van der Waals surface area contributed by atoms with Gasteiger partial charge in [-0.05, 0) is 41.5 Å². The molecule has 0 saturated carbocycles. The van der Waals surface area contributed by atoms with Gasteiger partial charge in [0.25, 0.3) is 0 Å². The molecule has 0 radical (unpaired) electrons. The first-order valence-corrected chi connectivity index (χ1v) is 9.97. The van der Waals surface area contributed by atoms with Crippen molar-refractivity contribution in [2.45, 2.75) is 26.4 Å². The van der Waals surface area contributed by atoms with Crippen LogP contribution in [-0.4, -0.2) is 40.3 Å². The van der Waals surface area contributed by atoms with E-state index >= 15 is 0 Å². The molecule has 7 heteroatoms. The highest BCUT2D eigenvalue weighted by Crippen LogP contribution is 2.58. The Morgan fingerprint density at radius 1 is 0.933 bits per heavy atom. The molecule has 3 atom stereocenters. The van der Waals surface area contributed by atoms with Gasteiger partial charge in [0.2, 0.25) is 18.3 Å². The molecule has 30 heavy (non-hydrogen) atoms. The zero-order valence-corrected chi connectivity index (χ0v) is 18.2. The Morgan fingerprint density at radius 2 is 1.67 bits per heavy atom. The maximum atomic E-state index is 11.3. The Bertz CT molecular complexity index is 969. The maximum Gasteiger partial charge on any atom is 0.231 e. The Hall–Kier alpha value is -2.80. The normalized spacial score (nSPS) is 21.9. The van der Waals surface area contributed by atoms with Crippen LogP contribution in [0.5, 0.6) is 34.5 Å². The topological polar surface area (TPSA) is 75.6 Å². The summed E-state index contributed by atoms with van der Waals surface area (Å²) in [6.45, 7) is 4.47.